The van der Waals surface area contributed by atoms with Crippen LogP contribution in [0.4, 0.5) is 24.5 Å². The second-order valence-electron chi connectivity index (χ2n) is 9.57. The molecule has 1 saturated heterocycles. The van der Waals surface area contributed by atoms with Crippen LogP contribution in [-0.4, -0.2) is 54.2 Å². The summed E-state index contributed by atoms with van der Waals surface area (Å²) in [5, 5.41) is 31.7. The molecule has 1 atom stereocenters. The molecule has 1 aliphatic heterocycles. The van der Waals surface area contributed by atoms with E-state index in [1.807, 2.05) is 47.4 Å². The molecule has 0 aromatic heterocycles. The molecule has 3 aromatic carbocycles. The van der Waals surface area contributed by atoms with E-state index in [2.05, 4.69) is 16.3 Å². The lowest BCUT2D eigenvalue weighted by Gasteiger charge is -2.39. The minimum Gasteiger partial charge on any atom is -0.379 e. The highest BCUT2D eigenvalue weighted by molar-refractivity contribution is 5.97. The van der Waals surface area contributed by atoms with Crippen molar-refractivity contribution in [1.82, 2.24) is 4.90 Å². The Morgan fingerprint density at radius 3 is 2.21 bits per heavy atom. The number of benzene rings is 3. The van der Waals surface area contributed by atoms with Gasteiger partial charge < -0.3 is 15.3 Å². The first kappa shape index (κ1) is 27.6. The predicted octanol–water partition coefficient (Wildman–Crippen LogP) is 4.63. The van der Waals surface area contributed by atoms with Gasteiger partial charge in [-0.1, -0.05) is 30.3 Å². The molecule has 1 amide bonds. The topological polar surface area (TPSA) is 103 Å². The van der Waals surface area contributed by atoms with Crippen molar-refractivity contribution in [3.8, 4) is 23.3 Å². The largest absolute Gasteiger partial charge is 0.417 e. The normalized spacial score (nSPS) is 15.6. The molecule has 10 heteroatoms. The highest BCUT2D eigenvalue weighted by atomic mass is 19.4. The standard InChI is InChI=1S/C29H26F3N5O2/c1-28(39,27(38)35-23-9-7-22(18-34)26(15-23)29(30,31)32)19-36-11-13-37(14-12-36)24-10-8-21(17-33)25(16-24)20-5-3-2-4-6-20/h2-10,15-16,39H,11-14,19H2,1H3,(H,35,38). The van der Waals surface area contributed by atoms with Gasteiger partial charge in [-0.3, -0.25) is 9.69 Å². The lowest BCUT2D eigenvalue weighted by Crippen LogP contribution is -2.54. The van der Waals surface area contributed by atoms with Gasteiger partial charge in [-0.25, -0.2) is 0 Å². The lowest BCUT2D eigenvalue weighted by atomic mass is 9.99. The number of nitrogens with zero attached hydrogens (tertiary/aromatic N) is 4. The number of alkyl halides is 3. The first-order valence-corrected chi connectivity index (χ1v) is 12.2. The number of piperazine rings is 1. The Kier molecular flexibility index (Phi) is 7.91. The van der Waals surface area contributed by atoms with Gasteiger partial charge in [0.05, 0.1) is 28.8 Å². The fourth-order valence-corrected chi connectivity index (χ4v) is 4.57. The van der Waals surface area contributed by atoms with Crippen LogP contribution in [0.3, 0.4) is 0 Å². The van der Waals surface area contributed by atoms with Crippen molar-refractivity contribution in [3.05, 3.63) is 83.4 Å². The van der Waals surface area contributed by atoms with Crippen molar-refractivity contribution >= 4 is 17.3 Å². The Labute approximate surface area is 224 Å². The second-order valence-corrected chi connectivity index (χ2v) is 9.57. The second kappa shape index (κ2) is 11.2. The van der Waals surface area contributed by atoms with E-state index in [1.54, 1.807) is 6.07 Å². The molecule has 200 valence electrons. The Balaban J connectivity index is 1.39. The van der Waals surface area contributed by atoms with Crippen LogP contribution >= 0.6 is 0 Å². The van der Waals surface area contributed by atoms with Gasteiger partial charge in [0.2, 0.25) is 0 Å². The number of carbonyl (C=O) groups is 1. The van der Waals surface area contributed by atoms with Crippen LogP contribution in [0.1, 0.15) is 23.6 Å². The van der Waals surface area contributed by atoms with Gasteiger partial charge in [0, 0.05) is 49.7 Å². The van der Waals surface area contributed by atoms with E-state index >= 15 is 0 Å². The van der Waals surface area contributed by atoms with E-state index in [0.717, 1.165) is 22.9 Å². The van der Waals surface area contributed by atoms with Crippen molar-refractivity contribution < 1.29 is 23.1 Å². The van der Waals surface area contributed by atoms with Gasteiger partial charge >= 0.3 is 6.18 Å². The average molecular weight is 534 g/mol. The van der Waals surface area contributed by atoms with E-state index in [-0.39, 0.29) is 12.2 Å². The zero-order valence-corrected chi connectivity index (χ0v) is 21.2. The summed E-state index contributed by atoms with van der Waals surface area (Å²) in [6.07, 6.45) is -4.76. The molecule has 1 heterocycles. The van der Waals surface area contributed by atoms with Gasteiger partial charge in [0.15, 0.2) is 5.60 Å². The minimum absolute atomic E-state index is 0.0162. The molecule has 0 bridgehead atoms. The number of carbonyl (C=O) groups excluding carboxylic acids is 1. The number of aliphatic hydroxyl groups is 1. The van der Waals surface area contributed by atoms with E-state index in [0.29, 0.717) is 37.8 Å². The number of amides is 1. The van der Waals surface area contributed by atoms with Crippen molar-refractivity contribution in [3.63, 3.8) is 0 Å². The van der Waals surface area contributed by atoms with E-state index in [4.69, 9.17) is 5.26 Å². The summed E-state index contributed by atoms with van der Waals surface area (Å²) in [5.74, 6) is -0.845. The molecule has 0 aliphatic carbocycles. The van der Waals surface area contributed by atoms with Crippen LogP contribution in [0.25, 0.3) is 11.1 Å². The molecule has 1 fully saturated rings. The van der Waals surface area contributed by atoms with Gasteiger partial charge in [-0.15, -0.1) is 0 Å². The molecular weight excluding hydrogens is 507 g/mol. The van der Waals surface area contributed by atoms with Crippen LogP contribution < -0.4 is 10.2 Å². The monoisotopic (exact) mass is 533 g/mol. The number of nitrogens with one attached hydrogen (secondary N) is 1. The number of hydrogen-bond donors (Lipinski definition) is 2. The van der Waals surface area contributed by atoms with Crippen molar-refractivity contribution in [1.29, 1.82) is 10.5 Å². The summed E-state index contributed by atoms with van der Waals surface area (Å²) >= 11 is 0. The molecular formula is C29H26F3N5O2. The third kappa shape index (κ3) is 6.37. The third-order valence-electron chi connectivity index (χ3n) is 6.67. The van der Waals surface area contributed by atoms with E-state index in [9.17, 15) is 28.3 Å². The Morgan fingerprint density at radius 1 is 0.949 bits per heavy atom. The van der Waals surface area contributed by atoms with E-state index < -0.39 is 28.8 Å². The number of nitriles is 2. The van der Waals surface area contributed by atoms with Crippen molar-refractivity contribution in [2.24, 2.45) is 0 Å². The summed E-state index contributed by atoms with van der Waals surface area (Å²) in [6.45, 7) is 3.61. The molecule has 0 spiro atoms. The molecule has 4 rings (SSSR count). The molecule has 0 radical (unpaired) electrons. The Hall–Kier alpha value is -4.38. The van der Waals surface area contributed by atoms with Gasteiger partial charge in [0.25, 0.3) is 5.91 Å². The van der Waals surface area contributed by atoms with Crippen LogP contribution in [0, 0.1) is 22.7 Å². The molecule has 0 saturated carbocycles. The summed E-state index contributed by atoms with van der Waals surface area (Å²) in [6, 6.07) is 21.9. The fraction of sp³-hybridized carbons (Fsp3) is 0.276. The smallest absolute Gasteiger partial charge is 0.379 e. The summed E-state index contributed by atoms with van der Waals surface area (Å²) < 4.78 is 39.8. The molecule has 3 aromatic rings. The maximum Gasteiger partial charge on any atom is 0.417 e. The summed E-state index contributed by atoms with van der Waals surface area (Å²) in [4.78, 5) is 16.8. The number of anilines is 2. The Morgan fingerprint density at radius 2 is 1.59 bits per heavy atom. The zero-order chi connectivity index (χ0) is 28.2. The van der Waals surface area contributed by atoms with Crippen LogP contribution in [0.5, 0.6) is 0 Å². The predicted molar refractivity (Wildman–Crippen MR) is 141 cm³/mol. The SMILES string of the molecule is CC(O)(CN1CCN(c2ccc(C#N)c(-c3ccccc3)c2)CC1)C(=O)Nc1ccc(C#N)c(C(F)(F)F)c1. The van der Waals surface area contributed by atoms with Gasteiger partial charge in [0.1, 0.15) is 0 Å². The van der Waals surface area contributed by atoms with Crippen molar-refractivity contribution in [2.45, 2.75) is 18.7 Å². The number of hydrogen-bond acceptors (Lipinski definition) is 6. The van der Waals surface area contributed by atoms with Gasteiger partial charge in [-0.2, -0.15) is 23.7 Å². The first-order valence-electron chi connectivity index (χ1n) is 12.2. The van der Waals surface area contributed by atoms with Gasteiger partial charge in [-0.05, 0) is 48.9 Å². The quantitative estimate of drug-likeness (QED) is 0.479. The number of rotatable bonds is 6. The number of halogens is 3. The molecule has 7 nitrogen and oxygen atoms in total. The highest BCUT2D eigenvalue weighted by Crippen LogP contribution is 2.34. The zero-order valence-electron chi connectivity index (χ0n) is 21.2. The summed E-state index contributed by atoms with van der Waals surface area (Å²) in [5.41, 5.74) is -0.418. The third-order valence-corrected chi connectivity index (χ3v) is 6.67. The summed E-state index contributed by atoms with van der Waals surface area (Å²) in [7, 11) is 0. The lowest BCUT2D eigenvalue weighted by molar-refractivity contribution is -0.138. The molecule has 1 aliphatic rings. The maximum absolute atomic E-state index is 13.3. The first-order chi connectivity index (χ1) is 18.5. The molecule has 39 heavy (non-hydrogen) atoms. The fourth-order valence-electron chi connectivity index (χ4n) is 4.57. The molecule has 1 unspecified atom stereocenters. The maximum atomic E-state index is 13.3. The van der Waals surface area contributed by atoms with Crippen LogP contribution in [0.15, 0.2) is 66.7 Å². The average Bonchev–Trinajstić information content (AvgIpc) is 2.93. The minimum atomic E-state index is -4.76. The molecule has 2 N–H and O–H groups in total. The van der Waals surface area contributed by atoms with Crippen LogP contribution in [0.2, 0.25) is 0 Å². The number of β-amino-alcohol motifs (C(OH)–C–C–N with tert-alkyl or cyclic N) is 1. The Bertz CT molecular complexity index is 1430. The van der Waals surface area contributed by atoms with Crippen LogP contribution in [-0.2, 0) is 11.0 Å². The van der Waals surface area contributed by atoms with Crippen molar-refractivity contribution in [2.75, 3.05) is 42.9 Å². The highest BCUT2D eigenvalue weighted by Gasteiger charge is 2.36. The van der Waals surface area contributed by atoms with E-state index in [1.165, 1.54) is 19.1 Å².